The van der Waals surface area contributed by atoms with E-state index in [9.17, 15) is 4.79 Å². The van der Waals surface area contributed by atoms with Crippen LogP contribution in [0.2, 0.25) is 0 Å². The van der Waals surface area contributed by atoms with Crippen LogP contribution >= 0.6 is 15.9 Å². The Morgan fingerprint density at radius 2 is 2.16 bits per heavy atom. The molecule has 2 aromatic heterocycles. The number of benzene rings is 1. The van der Waals surface area contributed by atoms with Gasteiger partial charge in [-0.1, -0.05) is 6.07 Å². The number of aromatic nitrogens is 2. The first kappa shape index (κ1) is 11.9. The highest BCUT2D eigenvalue weighted by Crippen LogP contribution is 2.27. The van der Waals surface area contributed by atoms with Crippen LogP contribution in [-0.4, -0.2) is 21.0 Å². The van der Waals surface area contributed by atoms with Crippen LogP contribution in [0.15, 0.2) is 45.5 Å². The summed E-state index contributed by atoms with van der Waals surface area (Å²) in [5.41, 5.74) is 1.56. The Kier molecular flexibility index (Phi) is 2.79. The number of hydrogen-bond donors (Lipinski definition) is 1. The first-order chi connectivity index (χ1) is 9.15. The number of carbonyl (C=O) groups is 1. The van der Waals surface area contributed by atoms with E-state index in [4.69, 9.17) is 9.52 Å². The molecule has 5 nitrogen and oxygen atoms in total. The van der Waals surface area contributed by atoms with Crippen molar-refractivity contribution in [3.8, 4) is 11.5 Å². The lowest BCUT2D eigenvalue weighted by Crippen LogP contribution is -1.95. The van der Waals surface area contributed by atoms with Gasteiger partial charge in [0, 0.05) is 16.9 Å². The van der Waals surface area contributed by atoms with Crippen LogP contribution in [0.4, 0.5) is 0 Å². The summed E-state index contributed by atoms with van der Waals surface area (Å²) in [6.45, 7) is 0. The number of aromatic carboxylic acids is 1. The van der Waals surface area contributed by atoms with Gasteiger partial charge in [0.25, 0.3) is 0 Å². The Labute approximate surface area is 116 Å². The Balaban J connectivity index is 2.22. The summed E-state index contributed by atoms with van der Waals surface area (Å²) in [6.07, 6.45) is 3.25. The zero-order chi connectivity index (χ0) is 13.4. The number of carboxylic acids is 1. The lowest BCUT2D eigenvalue weighted by molar-refractivity contribution is 0.0698. The van der Waals surface area contributed by atoms with Gasteiger partial charge in [-0.3, -0.25) is 4.98 Å². The number of rotatable bonds is 2. The van der Waals surface area contributed by atoms with Crippen LogP contribution in [0, 0.1) is 0 Å². The summed E-state index contributed by atoms with van der Waals surface area (Å²) < 4.78 is 6.35. The summed E-state index contributed by atoms with van der Waals surface area (Å²) >= 11 is 3.31. The topological polar surface area (TPSA) is 76.2 Å². The van der Waals surface area contributed by atoms with Gasteiger partial charge in [0.2, 0.25) is 5.89 Å². The van der Waals surface area contributed by atoms with Gasteiger partial charge in [-0.15, -0.1) is 0 Å². The summed E-state index contributed by atoms with van der Waals surface area (Å²) in [5, 5.41) is 9.10. The first-order valence-electron chi connectivity index (χ1n) is 5.39. The lowest BCUT2D eigenvalue weighted by Gasteiger charge is -1.95. The molecular formula is C13H7BrN2O3. The second kappa shape index (κ2) is 4.47. The molecule has 2 heterocycles. The van der Waals surface area contributed by atoms with E-state index in [1.807, 2.05) is 0 Å². The Hall–Kier alpha value is -2.21. The standard InChI is InChI=1S/C13H7BrN2O3/c14-8-4-7(5-15-6-8)12-16-10-3-1-2-9(13(17)18)11(10)19-12/h1-6H,(H,17,18). The molecule has 19 heavy (non-hydrogen) atoms. The van der Waals surface area contributed by atoms with Crippen molar-refractivity contribution in [2.75, 3.05) is 0 Å². The second-order valence-corrected chi connectivity index (χ2v) is 4.79. The molecule has 0 saturated carbocycles. The molecule has 0 unspecified atom stereocenters. The predicted octanol–water partition coefficient (Wildman–Crippen LogP) is 3.35. The van der Waals surface area contributed by atoms with Crippen LogP contribution in [0.1, 0.15) is 10.4 Å². The highest BCUT2D eigenvalue weighted by Gasteiger charge is 2.15. The summed E-state index contributed by atoms with van der Waals surface area (Å²) in [5.74, 6) is -0.696. The molecular weight excluding hydrogens is 312 g/mol. The molecule has 0 aliphatic heterocycles. The molecule has 0 aliphatic rings. The Morgan fingerprint density at radius 3 is 2.89 bits per heavy atom. The van der Waals surface area contributed by atoms with E-state index in [0.717, 1.165) is 4.47 Å². The van der Waals surface area contributed by atoms with E-state index in [2.05, 4.69) is 25.9 Å². The van der Waals surface area contributed by atoms with Crippen molar-refractivity contribution in [2.45, 2.75) is 0 Å². The first-order valence-corrected chi connectivity index (χ1v) is 6.18. The number of nitrogens with zero attached hydrogens (tertiary/aromatic N) is 2. The third-order valence-electron chi connectivity index (χ3n) is 2.60. The van der Waals surface area contributed by atoms with Crippen LogP contribution in [0.3, 0.4) is 0 Å². The van der Waals surface area contributed by atoms with E-state index in [0.29, 0.717) is 17.0 Å². The second-order valence-electron chi connectivity index (χ2n) is 3.87. The third-order valence-corrected chi connectivity index (χ3v) is 3.03. The van der Waals surface area contributed by atoms with Crippen molar-refractivity contribution >= 4 is 33.0 Å². The number of halogens is 1. The average Bonchev–Trinajstić information content (AvgIpc) is 2.82. The molecule has 94 valence electrons. The van der Waals surface area contributed by atoms with E-state index >= 15 is 0 Å². The molecule has 0 amide bonds. The number of pyridine rings is 1. The van der Waals surface area contributed by atoms with Gasteiger partial charge in [0.15, 0.2) is 5.58 Å². The monoisotopic (exact) mass is 318 g/mol. The van der Waals surface area contributed by atoms with E-state index in [1.165, 1.54) is 6.07 Å². The molecule has 0 fully saturated rings. The van der Waals surface area contributed by atoms with Crippen molar-refractivity contribution in [3.63, 3.8) is 0 Å². The van der Waals surface area contributed by atoms with E-state index < -0.39 is 5.97 Å². The normalized spacial score (nSPS) is 10.8. The average molecular weight is 319 g/mol. The quantitative estimate of drug-likeness (QED) is 0.784. The molecule has 6 heteroatoms. The highest BCUT2D eigenvalue weighted by atomic mass is 79.9. The minimum absolute atomic E-state index is 0.0965. The fourth-order valence-corrected chi connectivity index (χ4v) is 2.13. The Bertz CT molecular complexity index is 782. The van der Waals surface area contributed by atoms with Crippen LogP contribution < -0.4 is 0 Å². The molecule has 0 radical (unpaired) electrons. The molecule has 0 atom stereocenters. The molecule has 0 bridgehead atoms. The number of hydrogen-bond acceptors (Lipinski definition) is 4. The summed E-state index contributed by atoms with van der Waals surface area (Å²) in [6, 6.07) is 6.63. The predicted molar refractivity (Wildman–Crippen MR) is 71.9 cm³/mol. The minimum atomic E-state index is -1.04. The van der Waals surface area contributed by atoms with Crippen LogP contribution in [0.25, 0.3) is 22.6 Å². The number of fused-ring (bicyclic) bond motifs is 1. The highest BCUT2D eigenvalue weighted by molar-refractivity contribution is 9.10. The van der Waals surface area contributed by atoms with Crippen LogP contribution in [0.5, 0.6) is 0 Å². The zero-order valence-electron chi connectivity index (χ0n) is 9.50. The van der Waals surface area contributed by atoms with Gasteiger partial charge in [-0.05, 0) is 34.1 Å². The van der Waals surface area contributed by atoms with Crippen molar-refractivity contribution in [3.05, 3.63) is 46.7 Å². The van der Waals surface area contributed by atoms with E-state index in [-0.39, 0.29) is 11.1 Å². The molecule has 1 N–H and O–H groups in total. The minimum Gasteiger partial charge on any atom is -0.478 e. The molecule has 0 saturated heterocycles. The van der Waals surface area contributed by atoms with Crippen molar-refractivity contribution < 1.29 is 14.3 Å². The maximum Gasteiger partial charge on any atom is 0.339 e. The van der Waals surface area contributed by atoms with Gasteiger partial charge in [-0.25, -0.2) is 9.78 Å². The van der Waals surface area contributed by atoms with Gasteiger partial charge in [0.05, 0.1) is 5.56 Å². The maximum atomic E-state index is 11.1. The van der Waals surface area contributed by atoms with Crippen molar-refractivity contribution in [1.29, 1.82) is 0 Å². The van der Waals surface area contributed by atoms with Crippen molar-refractivity contribution in [2.24, 2.45) is 0 Å². The van der Waals surface area contributed by atoms with Gasteiger partial charge < -0.3 is 9.52 Å². The number of para-hydroxylation sites is 1. The molecule has 0 aliphatic carbocycles. The fraction of sp³-hybridized carbons (Fsp3) is 0. The number of oxazole rings is 1. The van der Waals surface area contributed by atoms with Gasteiger partial charge >= 0.3 is 5.97 Å². The molecule has 3 rings (SSSR count). The Morgan fingerprint density at radius 1 is 1.32 bits per heavy atom. The number of carboxylic acid groups (broad SMARTS) is 1. The maximum absolute atomic E-state index is 11.1. The summed E-state index contributed by atoms with van der Waals surface area (Å²) in [7, 11) is 0. The largest absolute Gasteiger partial charge is 0.478 e. The van der Waals surface area contributed by atoms with Gasteiger partial charge in [-0.2, -0.15) is 0 Å². The third kappa shape index (κ3) is 2.10. The van der Waals surface area contributed by atoms with Gasteiger partial charge in [0.1, 0.15) is 11.1 Å². The molecule has 3 aromatic rings. The van der Waals surface area contributed by atoms with E-state index in [1.54, 1.807) is 30.6 Å². The fourth-order valence-electron chi connectivity index (χ4n) is 1.77. The summed E-state index contributed by atoms with van der Waals surface area (Å²) in [4.78, 5) is 19.4. The lowest BCUT2D eigenvalue weighted by atomic mass is 10.2. The molecule has 1 aromatic carbocycles. The van der Waals surface area contributed by atoms with Crippen molar-refractivity contribution in [1.82, 2.24) is 9.97 Å². The van der Waals surface area contributed by atoms with Crippen LogP contribution in [-0.2, 0) is 0 Å². The smallest absolute Gasteiger partial charge is 0.339 e. The SMILES string of the molecule is O=C(O)c1cccc2nc(-c3cncc(Br)c3)oc12. The molecule has 0 spiro atoms. The zero-order valence-corrected chi connectivity index (χ0v) is 11.1.